The third-order valence-corrected chi connectivity index (χ3v) is 35.0. The second-order valence-corrected chi connectivity index (χ2v) is 47.7. The SMILES string of the molecule is CCOP(C)(=O)CCN1CCN(c2cc(N)nc(NCC3CCC(CCCC4(CCC5CCCCC5)CC4)CC3)n2)CC1.Nc1cc(N2CCN(CCP(=O)(O)O)CC2)nc(NCC2CCC(CCCC3(CCC4CCCCC4)CC3)CC2)n1.Nc1cc(N2CCN(CCP(=O)(O)O)CC2)nc(NCC2CCC(CCCCCCCC3CCCCC3)CC2)n1. The molecule has 3 aromatic rings. The Kier molecular flexibility index (Phi) is 40.2. The third kappa shape index (κ3) is 36.2. The summed E-state index contributed by atoms with van der Waals surface area (Å²) >= 11 is 0. The Morgan fingerprint density at radius 1 is 0.355 bits per heavy atom. The van der Waals surface area contributed by atoms with Crippen molar-refractivity contribution in [2.75, 3.05) is 197 Å². The van der Waals surface area contributed by atoms with Crippen molar-refractivity contribution in [1.82, 2.24) is 44.6 Å². The Morgan fingerprint density at radius 2 is 0.629 bits per heavy atom. The van der Waals surface area contributed by atoms with Gasteiger partial charge in [-0.05, 0) is 174 Å². The normalized spacial score (nSPS) is 25.2. The Bertz CT molecular complexity index is 3680. The Morgan fingerprint density at radius 3 is 0.927 bits per heavy atom. The molecular formula is C95H171N18O8P3. The summed E-state index contributed by atoms with van der Waals surface area (Å²) in [4.78, 5) is 77.5. The van der Waals surface area contributed by atoms with Crippen LogP contribution in [0.25, 0.3) is 0 Å². The van der Waals surface area contributed by atoms with E-state index in [1.54, 1.807) is 6.66 Å². The minimum absolute atomic E-state index is 0.0928. The molecule has 8 saturated carbocycles. The maximum Gasteiger partial charge on any atom is 0.326 e. The molecule has 0 spiro atoms. The van der Waals surface area contributed by atoms with Crippen LogP contribution in [0.4, 0.5) is 52.8 Å². The van der Waals surface area contributed by atoms with E-state index in [4.69, 9.17) is 56.3 Å². The summed E-state index contributed by atoms with van der Waals surface area (Å²) in [6, 6.07) is 5.53. The van der Waals surface area contributed by atoms with Crippen LogP contribution in [-0.4, -0.2) is 214 Å². The molecule has 26 nitrogen and oxygen atoms in total. The monoisotopic (exact) mass is 1790 g/mol. The van der Waals surface area contributed by atoms with Crippen molar-refractivity contribution >= 4 is 75.3 Å². The summed E-state index contributed by atoms with van der Waals surface area (Å²) in [7, 11) is -10.4. The van der Waals surface area contributed by atoms with Crippen LogP contribution < -0.4 is 47.9 Å². The molecule has 14 rings (SSSR count). The third-order valence-electron chi connectivity index (χ3n) is 31.6. The number of aromatic nitrogens is 6. The molecule has 704 valence electrons. The smallest absolute Gasteiger partial charge is 0.326 e. The lowest BCUT2D eigenvalue weighted by Crippen LogP contribution is -2.47. The molecule has 8 aliphatic carbocycles. The summed E-state index contributed by atoms with van der Waals surface area (Å²) in [6.07, 6.45) is 69.6. The van der Waals surface area contributed by atoms with Gasteiger partial charge in [-0.15, -0.1) is 0 Å². The second-order valence-electron chi connectivity index (χ2n) is 41.4. The summed E-state index contributed by atoms with van der Waals surface area (Å²) in [5, 5.41) is 10.5. The number of hydrogen-bond donors (Lipinski definition) is 10. The molecule has 29 heteroatoms. The first-order valence-electron chi connectivity index (χ1n) is 50.8. The lowest BCUT2D eigenvalue weighted by atomic mass is 9.78. The van der Waals surface area contributed by atoms with E-state index in [9.17, 15) is 13.7 Å². The molecule has 11 aliphatic rings. The van der Waals surface area contributed by atoms with Crippen LogP contribution in [0.1, 0.15) is 315 Å². The van der Waals surface area contributed by atoms with Gasteiger partial charge in [-0.2, -0.15) is 29.9 Å². The topological polar surface area (TPSA) is 352 Å². The lowest BCUT2D eigenvalue weighted by Gasteiger charge is -2.35. The molecule has 0 amide bonds. The van der Waals surface area contributed by atoms with Gasteiger partial charge in [-0.3, -0.25) is 28.4 Å². The highest BCUT2D eigenvalue weighted by atomic mass is 31.2. The van der Waals surface area contributed by atoms with Gasteiger partial charge >= 0.3 is 15.2 Å². The quantitative estimate of drug-likeness (QED) is 0.0186. The fourth-order valence-corrected chi connectivity index (χ4v) is 25.2. The van der Waals surface area contributed by atoms with Crippen molar-refractivity contribution in [1.29, 1.82) is 0 Å². The highest BCUT2D eigenvalue weighted by Gasteiger charge is 2.43. The molecule has 3 aliphatic heterocycles. The van der Waals surface area contributed by atoms with Crippen molar-refractivity contribution in [3.8, 4) is 0 Å². The number of nitrogens with two attached hydrogens (primary N) is 3. The predicted octanol–water partition coefficient (Wildman–Crippen LogP) is 19.4. The standard InChI is InChI=1S/C34H61N6O2P.C31H55N6O3P.C30H55N6O3P/c1-3-42-43(2,41)25-24-39-20-22-40(23-21-39)32-26-31(35)37-33(38-32)36-27-30-13-11-29(12-14-30)10-7-16-34(18-19-34)17-15-28-8-5-4-6-9-28;32-28-23-29(37-19-17-36(18-20-37)21-22-41(38,39)40)35-30(34-28)33-24-27-10-8-26(9-11-27)7-4-13-31(15-16-31)14-12-25-5-2-1-3-6-25;31-28-23-29(36-19-17-35(18-20-36)21-22-40(37,38)39)34-30(33-28)32-24-27-15-13-26(14-16-27)12-6-3-1-2-5-9-25-10-7-4-8-11-25/h26,28-30H,3-25,27H2,1-2H3,(H3,35,36,37,38);23,25-27H,1-22,24H2,(H2,38,39,40)(H3,32,33,34,35);23,25-27H,1-22,24H2,(H2,37,38,39)(H3,31,32,33,34). The number of nitrogen functional groups attached to an aromatic ring is 3. The van der Waals surface area contributed by atoms with E-state index in [-0.39, 0.29) is 12.3 Å². The average molecular weight is 1790 g/mol. The zero-order chi connectivity index (χ0) is 87.0. The van der Waals surface area contributed by atoms with Crippen molar-refractivity contribution in [3.05, 3.63) is 18.2 Å². The fraction of sp³-hybridized carbons (Fsp3) is 0.874. The van der Waals surface area contributed by atoms with Crippen molar-refractivity contribution in [2.45, 2.75) is 315 Å². The molecular weight excluding hydrogens is 1610 g/mol. The van der Waals surface area contributed by atoms with Gasteiger partial charge in [0.1, 0.15) is 34.9 Å². The maximum absolute atomic E-state index is 12.5. The number of piperazine rings is 3. The van der Waals surface area contributed by atoms with E-state index in [0.29, 0.717) is 78.9 Å². The predicted molar refractivity (Wildman–Crippen MR) is 512 cm³/mol. The van der Waals surface area contributed by atoms with Gasteiger partial charge in [0.15, 0.2) is 0 Å². The Labute approximate surface area is 748 Å². The summed E-state index contributed by atoms with van der Waals surface area (Å²) in [6.45, 7) is 18.1. The minimum atomic E-state index is -3.96. The molecule has 11 fully saturated rings. The van der Waals surface area contributed by atoms with Crippen LogP contribution in [0, 0.1) is 64.1 Å². The van der Waals surface area contributed by atoms with Crippen LogP contribution in [0.2, 0.25) is 0 Å². The van der Waals surface area contributed by atoms with Crippen molar-refractivity contribution in [2.24, 2.45) is 64.1 Å². The van der Waals surface area contributed by atoms with Crippen molar-refractivity contribution < 1.29 is 37.8 Å². The van der Waals surface area contributed by atoms with Gasteiger partial charge < -0.3 is 71.9 Å². The van der Waals surface area contributed by atoms with E-state index in [1.807, 2.05) is 25.1 Å². The Hall–Kier alpha value is -4.19. The maximum atomic E-state index is 12.5. The summed E-state index contributed by atoms with van der Waals surface area (Å²) in [5.74, 6) is 13.8. The summed E-state index contributed by atoms with van der Waals surface area (Å²) < 4.78 is 40.2. The molecule has 1 atom stereocenters. The molecule has 1 unspecified atom stereocenters. The van der Waals surface area contributed by atoms with Gasteiger partial charge in [0, 0.05) is 149 Å². The minimum Gasteiger partial charge on any atom is -0.383 e. The van der Waals surface area contributed by atoms with Crippen LogP contribution >= 0.6 is 22.6 Å². The first-order valence-corrected chi connectivity index (χ1v) is 56.6. The number of unbranched alkanes of at least 4 members (excludes halogenated alkanes) is 4. The molecule has 6 heterocycles. The highest BCUT2D eigenvalue weighted by Crippen LogP contribution is 2.57. The number of nitrogens with zero attached hydrogens (tertiary/aromatic N) is 12. The van der Waals surface area contributed by atoms with Gasteiger partial charge in [-0.25, -0.2) is 0 Å². The largest absolute Gasteiger partial charge is 0.383 e. The summed E-state index contributed by atoms with van der Waals surface area (Å²) in [5.41, 5.74) is 20.0. The van der Waals surface area contributed by atoms with E-state index < -0.39 is 22.6 Å². The highest BCUT2D eigenvalue weighted by molar-refractivity contribution is 7.58. The van der Waals surface area contributed by atoms with Gasteiger partial charge in [-0.1, -0.05) is 205 Å². The van der Waals surface area contributed by atoms with Crippen LogP contribution in [-0.2, 0) is 18.2 Å². The van der Waals surface area contributed by atoms with Gasteiger partial charge in [0.05, 0.1) is 18.9 Å². The van der Waals surface area contributed by atoms with Crippen molar-refractivity contribution in [3.63, 3.8) is 0 Å². The van der Waals surface area contributed by atoms with Crippen LogP contribution in [0.3, 0.4) is 0 Å². The molecule has 3 saturated heterocycles. The first-order chi connectivity index (χ1) is 59.9. The lowest BCUT2D eigenvalue weighted by molar-refractivity contribution is 0.251. The van der Waals surface area contributed by atoms with E-state index in [1.165, 1.54) is 308 Å². The molecule has 0 bridgehead atoms. The molecule has 124 heavy (non-hydrogen) atoms. The van der Waals surface area contributed by atoms with Crippen LogP contribution in [0.5, 0.6) is 0 Å². The van der Waals surface area contributed by atoms with Crippen LogP contribution in [0.15, 0.2) is 18.2 Å². The fourth-order valence-electron chi connectivity index (χ4n) is 22.7. The average Bonchev–Trinajstić information content (AvgIpc) is 1.65. The number of hydrogen-bond acceptors (Lipinski definition) is 22. The zero-order valence-corrected chi connectivity index (χ0v) is 80.0. The number of nitrogens with one attached hydrogen (secondary N) is 3. The molecule has 13 N–H and O–H groups in total. The van der Waals surface area contributed by atoms with E-state index in [2.05, 4.69) is 60.3 Å². The van der Waals surface area contributed by atoms with Gasteiger partial charge in [0.2, 0.25) is 25.2 Å². The second kappa shape index (κ2) is 50.4. The number of anilines is 9. The number of rotatable bonds is 45. The molecule has 0 radical (unpaired) electrons. The van der Waals surface area contributed by atoms with E-state index >= 15 is 0 Å². The first kappa shape index (κ1) is 98.8. The molecule has 0 aromatic carbocycles. The van der Waals surface area contributed by atoms with Gasteiger partial charge in [0.25, 0.3) is 0 Å². The zero-order valence-electron chi connectivity index (χ0n) is 77.3. The van der Waals surface area contributed by atoms with E-state index in [0.717, 1.165) is 169 Å². The Balaban J connectivity index is 0.000000170. The molecule has 3 aromatic heterocycles.